The van der Waals surface area contributed by atoms with Crippen LogP contribution in [0.1, 0.15) is 5.56 Å². The second kappa shape index (κ2) is 6.89. The Morgan fingerprint density at radius 1 is 1.14 bits per heavy atom. The summed E-state index contributed by atoms with van der Waals surface area (Å²) < 4.78 is 31.6. The zero-order valence-corrected chi connectivity index (χ0v) is 12.4. The molecule has 0 aliphatic rings. The van der Waals surface area contributed by atoms with Crippen molar-refractivity contribution in [1.82, 2.24) is 9.97 Å². The summed E-state index contributed by atoms with van der Waals surface area (Å²) in [6.45, 7) is 2.00. The predicted octanol–water partition coefficient (Wildman–Crippen LogP) is 0.622. The molecular formula is C11H16N6O4S. The first-order valence-electron chi connectivity index (χ1n) is 5.78. The molecule has 0 aliphatic carbocycles. The number of anilines is 5. The summed E-state index contributed by atoms with van der Waals surface area (Å²) in [4.78, 5) is 7.78. The van der Waals surface area contributed by atoms with Crippen LogP contribution in [0.15, 0.2) is 24.3 Å². The smallest absolute Gasteiger partial charge is 0.393 e. The number of aryl methyl sites for hydroxylation is 1. The van der Waals surface area contributed by atoms with Crippen molar-refractivity contribution in [3.05, 3.63) is 29.8 Å². The van der Waals surface area contributed by atoms with Crippen LogP contribution in [0.5, 0.6) is 0 Å². The van der Waals surface area contributed by atoms with E-state index in [-0.39, 0.29) is 11.8 Å². The maximum Gasteiger partial charge on any atom is 0.394 e. The van der Waals surface area contributed by atoms with Gasteiger partial charge in [-0.2, -0.15) is 18.4 Å². The molecule has 1 aromatic carbocycles. The third-order valence-electron chi connectivity index (χ3n) is 2.27. The van der Waals surface area contributed by atoms with Gasteiger partial charge in [-0.15, -0.1) is 0 Å². The Morgan fingerprint density at radius 3 is 2.27 bits per heavy atom. The van der Waals surface area contributed by atoms with Crippen molar-refractivity contribution in [2.24, 2.45) is 0 Å². The highest BCUT2D eigenvalue weighted by molar-refractivity contribution is 7.79. The summed E-state index contributed by atoms with van der Waals surface area (Å²) in [5.74, 6) is 0.681. The van der Waals surface area contributed by atoms with Crippen molar-refractivity contribution >= 4 is 39.4 Å². The molecule has 0 atom stereocenters. The van der Waals surface area contributed by atoms with Crippen molar-refractivity contribution in [3.63, 3.8) is 0 Å². The van der Waals surface area contributed by atoms with Gasteiger partial charge in [-0.3, -0.25) is 9.11 Å². The Bertz CT molecular complexity index is 757. The van der Waals surface area contributed by atoms with Gasteiger partial charge in [0.15, 0.2) is 11.6 Å². The van der Waals surface area contributed by atoms with E-state index in [2.05, 4.69) is 15.3 Å². The molecule has 10 nitrogen and oxygen atoms in total. The van der Waals surface area contributed by atoms with Gasteiger partial charge in [0, 0.05) is 5.69 Å². The maximum absolute atomic E-state index is 8.74. The molecule has 0 bridgehead atoms. The summed E-state index contributed by atoms with van der Waals surface area (Å²) in [5.41, 5.74) is 19.2. The van der Waals surface area contributed by atoms with Gasteiger partial charge >= 0.3 is 10.4 Å². The minimum Gasteiger partial charge on any atom is -0.393 e. The van der Waals surface area contributed by atoms with E-state index < -0.39 is 10.4 Å². The highest BCUT2D eigenvalue weighted by Crippen LogP contribution is 2.25. The Balaban J connectivity index is 0.000000422. The predicted molar refractivity (Wildman–Crippen MR) is 83.9 cm³/mol. The second-order valence-corrected chi connectivity index (χ2v) is 5.07. The normalized spacial score (nSPS) is 10.5. The first kappa shape index (κ1) is 17.4. The molecule has 0 saturated heterocycles. The van der Waals surface area contributed by atoms with E-state index in [4.69, 9.17) is 34.7 Å². The van der Waals surface area contributed by atoms with Crippen LogP contribution in [0.2, 0.25) is 0 Å². The first-order valence-corrected chi connectivity index (χ1v) is 7.18. The largest absolute Gasteiger partial charge is 0.394 e. The standard InChI is InChI=1S/C11H14N6.H2O4S/c1-6-3-2-4-7(5-6)15-10-8(12)9(13)16-11(14)17-10;1-5(2,3)4/h2-5H,12H2,1H3,(H5,13,14,15,16,17);(H2,1,2,3,4). The molecule has 0 aliphatic heterocycles. The second-order valence-electron chi connectivity index (χ2n) is 4.17. The highest BCUT2D eigenvalue weighted by Gasteiger charge is 2.08. The van der Waals surface area contributed by atoms with Crippen molar-refractivity contribution in [3.8, 4) is 0 Å². The number of hydrogen-bond acceptors (Lipinski definition) is 8. The molecule has 9 N–H and O–H groups in total. The summed E-state index contributed by atoms with van der Waals surface area (Å²) >= 11 is 0. The molecule has 1 aromatic heterocycles. The fourth-order valence-corrected chi connectivity index (χ4v) is 1.46. The van der Waals surface area contributed by atoms with E-state index in [0.29, 0.717) is 11.5 Å². The number of aromatic nitrogens is 2. The molecule has 11 heteroatoms. The van der Waals surface area contributed by atoms with Crippen LogP contribution in [0.25, 0.3) is 0 Å². The summed E-state index contributed by atoms with van der Waals surface area (Å²) in [6.07, 6.45) is 0. The van der Waals surface area contributed by atoms with Gasteiger partial charge in [-0.25, -0.2) is 0 Å². The molecule has 120 valence electrons. The van der Waals surface area contributed by atoms with E-state index in [1.807, 2.05) is 31.2 Å². The van der Waals surface area contributed by atoms with Crippen LogP contribution >= 0.6 is 0 Å². The molecular weight excluding hydrogens is 312 g/mol. The van der Waals surface area contributed by atoms with E-state index in [0.717, 1.165) is 11.3 Å². The topological polar surface area (TPSA) is 190 Å². The van der Waals surface area contributed by atoms with Crippen molar-refractivity contribution in [2.75, 3.05) is 22.5 Å². The lowest BCUT2D eigenvalue weighted by Crippen LogP contribution is -2.08. The maximum atomic E-state index is 8.74. The van der Waals surface area contributed by atoms with E-state index in [1.54, 1.807) is 0 Å². The molecule has 0 spiro atoms. The molecule has 2 aromatic rings. The van der Waals surface area contributed by atoms with Crippen LogP contribution in [-0.4, -0.2) is 27.5 Å². The lowest BCUT2D eigenvalue weighted by molar-refractivity contribution is 0.381. The zero-order chi connectivity index (χ0) is 16.9. The quantitative estimate of drug-likeness (QED) is 0.426. The molecule has 0 fully saturated rings. The highest BCUT2D eigenvalue weighted by atomic mass is 32.3. The SMILES string of the molecule is Cc1cccc(Nc2nc(N)nc(N)c2N)c1.O=S(=O)(O)O. The van der Waals surface area contributed by atoms with E-state index >= 15 is 0 Å². The van der Waals surface area contributed by atoms with E-state index in [1.165, 1.54) is 0 Å². The third-order valence-corrected chi connectivity index (χ3v) is 2.27. The van der Waals surface area contributed by atoms with E-state index in [9.17, 15) is 0 Å². The Morgan fingerprint density at radius 2 is 1.73 bits per heavy atom. The fraction of sp³-hybridized carbons (Fsp3) is 0.0909. The molecule has 1 heterocycles. The molecule has 22 heavy (non-hydrogen) atoms. The third kappa shape index (κ3) is 6.21. The van der Waals surface area contributed by atoms with Gasteiger partial charge in [0.2, 0.25) is 5.95 Å². The number of nitrogens with zero attached hydrogens (tertiary/aromatic N) is 2. The van der Waals surface area contributed by atoms with Crippen LogP contribution in [0.3, 0.4) is 0 Å². The summed E-state index contributed by atoms with van der Waals surface area (Å²) in [5, 5.41) is 3.06. The Hall–Kier alpha value is -2.63. The number of benzene rings is 1. The summed E-state index contributed by atoms with van der Waals surface area (Å²) in [7, 11) is -4.67. The van der Waals surface area contributed by atoms with Crippen LogP contribution in [0.4, 0.5) is 29.0 Å². The lowest BCUT2D eigenvalue weighted by atomic mass is 10.2. The van der Waals surface area contributed by atoms with Gasteiger partial charge < -0.3 is 22.5 Å². The number of rotatable bonds is 2. The molecule has 0 amide bonds. The average molecular weight is 328 g/mol. The monoisotopic (exact) mass is 328 g/mol. The van der Waals surface area contributed by atoms with Crippen LogP contribution in [0, 0.1) is 6.92 Å². The lowest BCUT2D eigenvalue weighted by Gasteiger charge is -2.10. The molecule has 2 rings (SSSR count). The number of nitrogens with one attached hydrogen (secondary N) is 1. The number of hydrogen-bond donors (Lipinski definition) is 6. The van der Waals surface area contributed by atoms with Crippen molar-refractivity contribution < 1.29 is 17.5 Å². The zero-order valence-electron chi connectivity index (χ0n) is 11.6. The van der Waals surface area contributed by atoms with Gasteiger partial charge in [0.1, 0.15) is 5.69 Å². The minimum absolute atomic E-state index is 0.0897. The van der Waals surface area contributed by atoms with Crippen LogP contribution < -0.4 is 22.5 Å². The first-order chi connectivity index (χ1) is 10.1. The molecule has 0 radical (unpaired) electrons. The minimum atomic E-state index is -4.67. The van der Waals surface area contributed by atoms with Gasteiger partial charge in [-0.1, -0.05) is 12.1 Å². The average Bonchev–Trinajstić information content (AvgIpc) is 2.33. The summed E-state index contributed by atoms with van der Waals surface area (Å²) in [6, 6.07) is 7.80. The Labute approximate surface area is 126 Å². The van der Waals surface area contributed by atoms with Crippen LogP contribution in [-0.2, 0) is 10.4 Å². The fourth-order valence-electron chi connectivity index (χ4n) is 1.46. The molecule has 0 saturated carbocycles. The number of nitrogens with two attached hydrogens (primary N) is 3. The van der Waals surface area contributed by atoms with Crippen molar-refractivity contribution in [2.45, 2.75) is 6.92 Å². The van der Waals surface area contributed by atoms with Gasteiger partial charge in [-0.05, 0) is 24.6 Å². The Kier molecular flexibility index (Phi) is 5.45. The van der Waals surface area contributed by atoms with Gasteiger partial charge in [0.05, 0.1) is 0 Å². The molecule has 0 unspecified atom stereocenters. The van der Waals surface area contributed by atoms with Crippen molar-refractivity contribution in [1.29, 1.82) is 0 Å². The van der Waals surface area contributed by atoms with Gasteiger partial charge in [0.25, 0.3) is 0 Å². The number of nitrogen functional groups attached to an aromatic ring is 3.